The maximum absolute atomic E-state index is 13.1. The maximum Gasteiger partial charge on any atom is 0.215 e. The van der Waals surface area contributed by atoms with E-state index >= 15 is 0 Å². The third kappa shape index (κ3) is 6.55. The Labute approximate surface area is 138 Å². The molecule has 23 heavy (non-hydrogen) atoms. The zero-order valence-electron chi connectivity index (χ0n) is 13.8. The molecule has 0 amide bonds. The molecule has 0 bridgehead atoms. The van der Waals surface area contributed by atoms with E-state index in [9.17, 15) is 12.8 Å². The van der Waals surface area contributed by atoms with Crippen molar-refractivity contribution in [3.8, 4) is 0 Å². The lowest BCUT2D eigenvalue weighted by atomic mass is 10.1. The molecule has 130 valence electrons. The fourth-order valence-corrected chi connectivity index (χ4v) is 3.96. The van der Waals surface area contributed by atoms with Crippen molar-refractivity contribution in [2.45, 2.75) is 12.7 Å². The van der Waals surface area contributed by atoms with Crippen LogP contribution in [-0.2, 0) is 15.8 Å². The molecule has 1 aliphatic rings. The second-order valence-electron chi connectivity index (χ2n) is 6.45. The Kier molecular flexibility index (Phi) is 6.52. The van der Waals surface area contributed by atoms with Crippen LogP contribution in [0.4, 0.5) is 4.39 Å². The Morgan fingerprint density at radius 1 is 1.26 bits per heavy atom. The van der Waals surface area contributed by atoms with Crippen LogP contribution in [0.15, 0.2) is 24.3 Å². The molecular weight excluding hydrogens is 317 g/mol. The minimum absolute atomic E-state index is 0.189. The highest BCUT2D eigenvalue weighted by Gasteiger charge is 2.18. The summed E-state index contributed by atoms with van der Waals surface area (Å²) < 4.78 is 40.0. The molecule has 1 heterocycles. The topological polar surface area (TPSA) is 52.7 Å². The second kappa shape index (κ2) is 8.19. The van der Waals surface area contributed by atoms with Crippen molar-refractivity contribution in [2.75, 3.05) is 46.3 Å². The summed E-state index contributed by atoms with van der Waals surface area (Å²) in [4.78, 5) is 4.66. The minimum atomic E-state index is -3.44. The van der Waals surface area contributed by atoms with Crippen molar-refractivity contribution < 1.29 is 12.8 Å². The molecule has 1 aromatic carbocycles. The van der Waals surface area contributed by atoms with Gasteiger partial charge in [-0.1, -0.05) is 19.1 Å². The summed E-state index contributed by atoms with van der Waals surface area (Å²) in [5.74, 6) is -0.367. The van der Waals surface area contributed by atoms with Crippen LogP contribution in [0.2, 0.25) is 0 Å². The van der Waals surface area contributed by atoms with Gasteiger partial charge in [0.05, 0.1) is 5.75 Å². The third-order valence-corrected chi connectivity index (χ3v) is 5.38. The molecule has 0 saturated carbocycles. The molecule has 0 radical (unpaired) electrons. The highest BCUT2D eigenvalue weighted by atomic mass is 32.2. The summed E-state index contributed by atoms with van der Waals surface area (Å²) in [6.07, 6.45) is 0. The van der Waals surface area contributed by atoms with E-state index in [-0.39, 0.29) is 11.7 Å². The number of rotatable bonds is 7. The third-order valence-electron chi connectivity index (χ3n) is 4.06. The van der Waals surface area contributed by atoms with E-state index in [1.165, 1.54) is 18.2 Å². The Morgan fingerprint density at radius 2 is 1.96 bits per heavy atom. The first kappa shape index (κ1) is 18.3. The molecule has 0 spiro atoms. The Hall–Kier alpha value is -1.02. The Bertz CT molecular complexity index is 601. The SMILES string of the molecule is C[C@H](CNS(=O)(=O)Cc1cccc(F)c1)CN1CCN(C)CC1. The summed E-state index contributed by atoms with van der Waals surface area (Å²) in [7, 11) is -1.33. The van der Waals surface area contributed by atoms with E-state index < -0.39 is 15.8 Å². The van der Waals surface area contributed by atoms with Gasteiger partial charge in [0.25, 0.3) is 0 Å². The van der Waals surface area contributed by atoms with Crippen LogP contribution in [0, 0.1) is 11.7 Å². The smallest absolute Gasteiger partial charge is 0.215 e. The number of nitrogens with zero attached hydrogens (tertiary/aromatic N) is 2. The monoisotopic (exact) mass is 343 g/mol. The van der Waals surface area contributed by atoms with E-state index in [4.69, 9.17) is 0 Å². The maximum atomic E-state index is 13.1. The first-order valence-corrected chi connectivity index (χ1v) is 9.62. The minimum Gasteiger partial charge on any atom is -0.304 e. The van der Waals surface area contributed by atoms with Gasteiger partial charge >= 0.3 is 0 Å². The van der Waals surface area contributed by atoms with Crippen LogP contribution in [-0.4, -0.2) is 64.5 Å². The van der Waals surface area contributed by atoms with E-state index in [0.717, 1.165) is 32.7 Å². The number of benzene rings is 1. The fraction of sp³-hybridized carbons (Fsp3) is 0.625. The molecule has 1 N–H and O–H groups in total. The van der Waals surface area contributed by atoms with Gasteiger partial charge < -0.3 is 9.80 Å². The first-order chi connectivity index (χ1) is 10.8. The van der Waals surface area contributed by atoms with Crippen LogP contribution in [0.25, 0.3) is 0 Å². The van der Waals surface area contributed by atoms with Crippen molar-refractivity contribution in [2.24, 2.45) is 5.92 Å². The average Bonchev–Trinajstić information content (AvgIpc) is 2.47. The van der Waals surface area contributed by atoms with Gasteiger partial charge in [0, 0.05) is 39.3 Å². The van der Waals surface area contributed by atoms with E-state index in [1.54, 1.807) is 6.07 Å². The van der Waals surface area contributed by atoms with Crippen LogP contribution in [0.1, 0.15) is 12.5 Å². The van der Waals surface area contributed by atoms with Gasteiger partial charge in [0.15, 0.2) is 0 Å². The quantitative estimate of drug-likeness (QED) is 0.806. The van der Waals surface area contributed by atoms with E-state index in [1.807, 2.05) is 6.92 Å². The molecule has 0 aliphatic carbocycles. The number of likely N-dealkylation sites (N-methyl/N-ethyl adjacent to an activating group) is 1. The summed E-state index contributed by atoms with van der Waals surface area (Å²) in [6.45, 7) is 7.49. The number of piperazine rings is 1. The molecule has 1 saturated heterocycles. The van der Waals surface area contributed by atoms with Crippen LogP contribution in [0.5, 0.6) is 0 Å². The zero-order chi connectivity index (χ0) is 16.9. The second-order valence-corrected chi connectivity index (χ2v) is 8.25. The van der Waals surface area contributed by atoms with Crippen molar-refractivity contribution in [1.82, 2.24) is 14.5 Å². The first-order valence-electron chi connectivity index (χ1n) is 7.97. The van der Waals surface area contributed by atoms with Gasteiger partial charge in [-0.2, -0.15) is 0 Å². The molecule has 1 aromatic rings. The Balaban J connectivity index is 1.77. The number of sulfonamides is 1. The zero-order valence-corrected chi connectivity index (χ0v) is 14.7. The van der Waals surface area contributed by atoms with Crippen LogP contribution >= 0.6 is 0 Å². The predicted molar refractivity (Wildman–Crippen MR) is 90.1 cm³/mol. The summed E-state index contributed by atoms with van der Waals surface area (Å²) >= 11 is 0. The van der Waals surface area contributed by atoms with Gasteiger partial charge in [0.2, 0.25) is 10.0 Å². The van der Waals surface area contributed by atoms with Gasteiger partial charge in [-0.25, -0.2) is 17.5 Å². The predicted octanol–water partition coefficient (Wildman–Crippen LogP) is 1.13. The summed E-state index contributed by atoms with van der Waals surface area (Å²) in [5, 5.41) is 0. The standard InChI is InChI=1S/C16H26FN3O2S/c1-14(12-20-8-6-19(2)7-9-20)11-18-23(21,22)13-15-4-3-5-16(17)10-15/h3-5,10,14,18H,6-9,11-13H2,1-2H3/t14-/m1/s1. The van der Waals surface area contributed by atoms with Gasteiger partial charge in [0.1, 0.15) is 5.82 Å². The molecule has 0 aromatic heterocycles. The van der Waals surface area contributed by atoms with Crippen molar-refractivity contribution in [3.05, 3.63) is 35.6 Å². The molecule has 2 rings (SSSR count). The lowest BCUT2D eigenvalue weighted by Crippen LogP contribution is -2.46. The summed E-state index contributed by atoms with van der Waals surface area (Å²) in [5.41, 5.74) is 0.462. The molecular formula is C16H26FN3O2S. The Morgan fingerprint density at radius 3 is 2.61 bits per heavy atom. The van der Waals surface area contributed by atoms with Gasteiger partial charge in [-0.3, -0.25) is 0 Å². The number of halogens is 1. The fourth-order valence-electron chi connectivity index (χ4n) is 2.70. The number of hydrogen-bond acceptors (Lipinski definition) is 4. The lowest BCUT2D eigenvalue weighted by Gasteiger charge is -2.33. The molecule has 1 fully saturated rings. The summed E-state index contributed by atoms with van der Waals surface area (Å²) in [6, 6.07) is 5.71. The number of hydrogen-bond donors (Lipinski definition) is 1. The van der Waals surface area contributed by atoms with Crippen molar-refractivity contribution in [3.63, 3.8) is 0 Å². The van der Waals surface area contributed by atoms with Crippen molar-refractivity contribution in [1.29, 1.82) is 0 Å². The van der Waals surface area contributed by atoms with E-state index in [0.29, 0.717) is 12.1 Å². The van der Waals surface area contributed by atoms with Gasteiger partial charge in [-0.05, 0) is 30.7 Å². The molecule has 0 unspecified atom stereocenters. The van der Waals surface area contributed by atoms with E-state index in [2.05, 4.69) is 21.6 Å². The van der Waals surface area contributed by atoms with Crippen LogP contribution < -0.4 is 4.72 Å². The number of nitrogens with one attached hydrogen (secondary N) is 1. The van der Waals surface area contributed by atoms with Gasteiger partial charge in [-0.15, -0.1) is 0 Å². The normalized spacial score (nSPS) is 18.9. The molecule has 5 nitrogen and oxygen atoms in total. The molecule has 7 heteroatoms. The lowest BCUT2D eigenvalue weighted by molar-refractivity contribution is 0.139. The van der Waals surface area contributed by atoms with Crippen molar-refractivity contribution >= 4 is 10.0 Å². The highest BCUT2D eigenvalue weighted by molar-refractivity contribution is 7.88. The largest absolute Gasteiger partial charge is 0.304 e. The average molecular weight is 343 g/mol. The van der Waals surface area contributed by atoms with Crippen LogP contribution in [0.3, 0.4) is 0 Å². The molecule has 1 atom stereocenters. The molecule has 1 aliphatic heterocycles. The highest BCUT2D eigenvalue weighted by Crippen LogP contribution is 2.08.